The third-order valence-electron chi connectivity index (χ3n) is 8.65. The van der Waals surface area contributed by atoms with Crippen molar-refractivity contribution in [2.45, 2.75) is 116 Å². The van der Waals surface area contributed by atoms with E-state index in [1.807, 2.05) is 68.4 Å². The summed E-state index contributed by atoms with van der Waals surface area (Å²) in [7, 11) is 0. The number of halogens is 1. The Kier molecular flexibility index (Phi) is 34.2. The first-order valence-electron chi connectivity index (χ1n) is 18.0. The molecule has 0 bridgehead atoms. The molecule has 0 atom stereocenters. The number of nitro groups is 1. The number of nitriles is 2. The third kappa shape index (κ3) is 18.9. The number of aromatic nitrogens is 4. The number of hydrogen-bond acceptors (Lipinski definition) is 10. The number of nitrogens with one attached hydrogen (secondary N) is 1. The average Bonchev–Trinajstić information content (AvgIpc) is 3.15. The average molecular weight is 1140 g/mol. The predicted molar refractivity (Wildman–Crippen MR) is 225 cm³/mol. The summed E-state index contributed by atoms with van der Waals surface area (Å²) in [6, 6.07) is 13.4. The van der Waals surface area contributed by atoms with E-state index in [-0.39, 0.29) is 145 Å². The molecule has 4 aromatic rings. The molecule has 13 nitrogen and oxygen atoms in total. The molecule has 0 aliphatic rings. The molecule has 0 unspecified atom stereocenters. The zero-order chi connectivity index (χ0) is 42.2. The number of pyridine rings is 4. The minimum atomic E-state index is -0.976. The number of nitrogens with zero attached hydrogens (tertiary/aromatic N) is 7. The molecule has 3 radical (unpaired) electrons. The van der Waals surface area contributed by atoms with E-state index in [4.69, 9.17) is 15.6 Å². The largest absolute Gasteiger partial charge is 0.486 e. The van der Waals surface area contributed by atoms with E-state index in [0.29, 0.717) is 53.2 Å². The number of carbonyl (C=O) groups is 2. The molecule has 0 saturated carbocycles. The SMILES string of the molecule is CCNC(=O)c1nc(C)c(C)[c-]c1CC.CCc1[c-]c(C)c(C)nc1C#N.CCc1[c-]c(C)c(C)nc1C(=O)O.CCc1c(C#N)nc(C)c(C)c1[N+](=O)[O-].I.[Y].[Y].[Y]. The molecular formula is C42H52IN8O5Y3-3. The van der Waals surface area contributed by atoms with E-state index in [1.165, 1.54) is 0 Å². The van der Waals surface area contributed by atoms with Crippen LogP contribution in [0.4, 0.5) is 5.69 Å². The van der Waals surface area contributed by atoms with Crippen LogP contribution in [0.3, 0.4) is 0 Å². The second kappa shape index (κ2) is 31.8. The predicted octanol–water partition coefficient (Wildman–Crippen LogP) is 8.15. The maximum absolute atomic E-state index is 11.7. The second-order valence-electron chi connectivity index (χ2n) is 12.4. The molecule has 0 saturated heterocycles. The van der Waals surface area contributed by atoms with Crippen LogP contribution in [-0.4, -0.2) is 48.4 Å². The van der Waals surface area contributed by atoms with Gasteiger partial charge in [-0.3, -0.25) is 19.7 Å². The van der Waals surface area contributed by atoms with E-state index < -0.39 is 10.9 Å². The number of hydrogen-bond donors (Lipinski definition) is 2. The van der Waals surface area contributed by atoms with Crippen LogP contribution in [0.1, 0.15) is 134 Å². The van der Waals surface area contributed by atoms with Crippen molar-refractivity contribution in [2.75, 3.05) is 6.54 Å². The number of carbonyl (C=O) groups excluding carboxylic acids is 1. The number of carboxylic acids is 1. The first-order chi connectivity index (χ1) is 25.9. The van der Waals surface area contributed by atoms with Crippen molar-refractivity contribution in [1.29, 1.82) is 10.5 Å². The number of amides is 1. The number of aromatic carboxylic acids is 1. The Morgan fingerprint density at radius 3 is 1.42 bits per heavy atom. The number of rotatable bonds is 8. The fourth-order valence-electron chi connectivity index (χ4n) is 5.06. The van der Waals surface area contributed by atoms with Gasteiger partial charge in [0.25, 0.3) is 11.7 Å². The number of aryl methyl sites for hydroxylation is 10. The molecule has 1 amide bonds. The minimum Gasteiger partial charge on any atom is -0.486 e. The van der Waals surface area contributed by atoms with Gasteiger partial charge in [-0.25, -0.2) is 10.2 Å². The van der Waals surface area contributed by atoms with Gasteiger partial charge in [0.05, 0.1) is 16.6 Å². The molecule has 309 valence electrons. The fraction of sp³-hybridized carbons (Fsp3) is 0.429. The van der Waals surface area contributed by atoms with Gasteiger partial charge >= 0.3 is 0 Å². The van der Waals surface area contributed by atoms with E-state index in [2.05, 4.69) is 49.5 Å². The quantitative estimate of drug-likeness (QED) is 0.0745. The number of carboxylic acid groups (broad SMARTS) is 1. The molecular weight excluding hydrogens is 1090 g/mol. The smallest absolute Gasteiger partial charge is 0.296 e. The van der Waals surface area contributed by atoms with Gasteiger partial charge in [-0.15, -0.1) is 57.4 Å². The van der Waals surface area contributed by atoms with Crippen LogP contribution in [0.25, 0.3) is 0 Å². The normalized spacial score (nSPS) is 9.20. The summed E-state index contributed by atoms with van der Waals surface area (Å²) < 4.78 is 0. The molecule has 59 heavy (non-hydrogen) atoms. The summed E-state index contributed by atoms with van der Waals surface area (Å²) in [4.78, 5) is 49.4. The van der Waals surface area contributed by atoms with Crippen LogP contribution in [0.2, 0.25) is 0 Å². The Balaban J connectivity index is -0.000000335. The summed E-state index contributed by atoms with van der Waals surface area (Å²) in [5, 5.41) is 40.0. The third-order valence-corrected chi connectivity index (χ3v) is 8.65. The van der Waals surface area contributed by atoms with Crippen molar-refractivity contribution in [3.8, 4) is 12.1 Å². The van der Waals surface area contributed by atoms with E-state index in [0.717, 1.165) is 57.7 Å². The van der Waals surface area contributed by atoms with Crippen molar-refractivity contribution >= 4 is 41.5 Å². The Morgan fingerprint density at radius 1 is 0.661 bits per heavy atom. The van der Waals surface area contributed by atoms with Gasteiger partial charge < -0.3 is 25.4 Å². The molecule has 4 aromatic heterocycles. The van der Waals surface area contributed by atoms with Crippen LogP contribution in [-0.2, 0) is 124 Å². The van der Waals surface area contributed by atoms with Crippen molar-refractivity contribution in [2.24, 2.45) is 0 Å². The van der Waals surface area contributed by atoms with Crippen molar-refractivity contribution in [3.63, 3.8) is 0 Å². The molecule has 0 aromatic carbocycles. The molecule has 0 spiro atoms. The standard InChI is InChI=1S/C12H17N2O.C10H11N3O2.C10H11N2.C10H12NO2.HI.3Y/c1-5-10-7-8(3)9(4)14-11(10)12(15)13-6-2;1-4-8-9(5-11)12-7(3)6(2)10(8)13(14)15;1-4-9-5-7(2)8(3)12-10(9)6-11;1-4-8-5-6(2)7(3)11-9(8)10(12)13;;;;/h5-6H2,1-4H3,(H,13,15);4H2,1-3H3;4H2,1-3H3;4H2,1-3H3,(H,12,13);1H;;;/q-1;;2*-1;;;;. The van der Waals surface area contributed by atoms with E-state index >= 15 is 0 Å². The van der Waals surface area contributed by atoms with E-state index in [9.17, 15) is 19.7 Å². The monoisotopic (exact) mass is 1140 g/mol. The molecule has 0 aliphatic carbocycles. The van der Waals surface area contributed by atoms with E-state index in [1.54, 1.807) is 27.7 Å². The summed E-state index contributed by atoms with van der Waals surface area (Å²) >= 11 is 0. The molecule has 17 heteroatoms. The molecule has 4 rings (SSSR count). The molecule has 0 aliphatic heterocycles. The Bertz CT molecular complexity index is 2140. The fourth-order valence-corrected chi connectivity index (χ4v) is 5.06. The van der Waals surface area contributed by atoms with Crippen LogP contribution in [0.15, 0.2) is 0 Å². The Hall–Kier alpha value is -2.04. The van der Waals surface area contributed by atoms with Gasteiger partial charge in [-0.2, -0.15) is 23.5 Å². The topological polar surface area (TPSA) is 209 Å². The first-order valence-corrected chi connectivity index (χ1v) is 18.0. The first kappa shape index (κ1) is 63.6. The van der Waals surface area contributed by atoms with Crippen LogP contribution < -0.4 is 5.32 Å². The molecule has 4 heterocycles. The summed E-state index contributed by atoms with van der Waals surface area (Å²) in [5.41, 5.74) is 10.8. The zero-order valence-electron chi connectivity index (χ0n) is 36.4. The van der Waals surface area contributed by atoms with Crippen molar-refractivity contribution in [1.82, 2.24) is 25.3 Å². The second-order valence-corrected chi connectivity index (χ2v) is 12.4. The summed E-state index contributed by atoms with van der Waals surface area (Å²) in [5.74, 6) is -1.08. The summed E-state index contributed by atoms with van der Waals surface area (Å²) in [6.45, 7) is 24.9. The van der Waals surface area contributed by atoms with Gasteiger partial charge in [0.1, 0.15) is 6.07 Å². The zero-order valence-corrected chi connectivity index (χ0v) is 47.2. The Labute approximate surface area is 442 Å². The maximum atomic E-state index is 11.7. The molecule has 2 N–H and O–H groups in total. The molecule has 0 fully saturated rings. The van der Waals surface area contributed by atoms with Crippen molar-refractivity contribution < 1.29 is 118 Å². The maximum Gasteiger partial charge on any atom is 0.296 e. The van der Waals surface area contributed by atoms with Gasteiger partial charge in [-0.1, -0.05) is 106 Å². The van der Waals surface area contributed by atoms with Crippen molar-refractivity contribution in [3.05, 3.63) is 118 Å². The minimum absolute atomic E-state index is 0. The van der Waals surface area contributed by atoms with Gasteiger partial charge in [0.2, 0.25) is 5.91 Å². The van der Waals surface area contributed by atoms with Gasteiger partial charge in [-0.05, 0) is 27.2 Å². The van der Waals surface area contributed by atoms with Crippen LogP contribution >= 0.6 is 24.0 Å². The van der Waals surface area contributed by atoms with Gasteiger partial charge in [0.15, 0.2) is 5.69 Å². The van der Waals surface area contributed by atoms with Crippen LogP contribution in [0, 0.1) is 106 Å². The summed E-state index contributed by atoms with van der Waals surface area (Å²) in [6.07, 6.45) is 2.68. The Morgan fingerprint density at radius 2 is 1.05 bits per heavy atom. The van der Waals surface area contributed by atoms with Crippen LogP contribution in [0.5, 0.6) is 0 Å². The van der Waals surface area contributed by atoms with Gasteiger partial charge in [0, 0.05) is 133 Å².